The number of aromatic nitrogens is 2. The molecule has 2 aromatic carbocycles. The second kappa shape index (κ2) is 7.19. The first-order chi connectivity index (χ1) is 13.5. The van der Waals surface area contributed by atoms with Crippen LogP contribution in [0, 0.1) is 13.8 Å². The van der Waals surface area contributed by atoms with Crippen LogP contribution in [0.25, 0.3) is 10.9 Å². The number of fused-ring (bicyclic) bond motifs is 1. The van der Waals surface area contributed by atoms with Crippen molar-refractivity contribution in [3.8, 4) is 11.5 Å². The van der Waals surface area contributed by atoms with Gasteiger partial charge in [0.15, 0.2) is 0 Å². The van der Waals surface area contributed by atoms with Crippen molar-refractivity contribution in [1.29, 1.82) is 0 Å². The van der Waals surface area contributed by atoms with E-state index in [1.807, 2.05) is 62.4 Å². The van der Waals surface area contributed by atoms with Gasteiger partial charge in [-0.2, -0.15) is 0 Å². The molecule has 0 bridgehead atoms. The fraction of sp³-hybridized carbons (Fsp3) is 0.130. The summed E-state index contributed by atoms with van der Waals surface area (Å²) < 4.78 is 0. The van der Waals surface area contributed by atoms with Crippen molar-refractivity contribution in [3.63, 3.8) is 0 Å². The SMILES string of the molecule is Cc1cccc(N[C@H](c2cccc(O)c2)c2ccc3ccc(C)nc3c2O)n1. The quantitative estimate of drug-likeness (QED) is 0.477. The maximum atomic E-state index is 11.0. The molecule has 0 saturated heterocycles. The highest BCUT2D eigenvalue weighted by atomic mass is 16.3. The van der Waals surface area contributed by atoms with E-state index in [9.17, 15) is 10.2 Å². The third kappa shape index (κ3) is 3.47. The van der Waals surface area contributed by atoms with Crippen molar-refractivity contribution in [2.75, 3.05) is 5.32 Å². The number of aryl methyl sites for hydroxylation is 2. The van der Waals surface area contributed by atoms with Crippen LogP contribution in [0.2, 0.25) is 0 Å². The number of phenolic OH excluding ortho intramolecular Hbond substituents is 2. The van der Waals surface area contributed by atoms with Gasteiger partial charge in [0.2, 0.25) is 0 Å². The van der Waals surface area contributed by atoms with Gasteiger partial charge < -0.3 is 15.5 Å². The minimum atomic E-state index is -0.409. The van der Waals surface area contributed by atoms with Crippen LogP contribution < -0.4 is 5.32 Å². The summed E-state index contributed by atoms with van der Waals surface area (Å²) in [5, 5.41) is 25.3. The van der Waals surface area contributed by atoms with Gasteiger partial charge in [0.25, 0.3) is 0 Å². The van der Waals surface area contributed by atoms with Crippen molar-refractivity contribution in [1.82, 2.24) is 9.97 Å². The minimum absolute atomic E-state index is 0.120. The van der Waals surface area contributed by atoms with Crippen molar-refractivity contribution < 1.29 is 10.2 Å². The Bertz CT molecular complexity index is 1160. The summed E-state index contributed by atoms with van der Waals surface area (Å²) in [4.78, 5) is 9.03. The van der Waals surface area contributed by atoms with E-state index in [4.69, 9.17) is 0 Å². The fourth-order valence-electron chi connectivity index (χ4n) is 3.34. The summed E-state index contributed by atoms with van der Waals surface area (Å²) in [7, 11) is 0. The molecule has 28 heavy (non-hydrogen) atoms. The van der Waals surface area contributed by atoms with Crippen molar-refractivity contribution >= 4 is 16.7 Å². The molecule has 5 heteroatoms. The van der Waals surface area contributed by atoms with E-state index in [0.717, 1.165) is 22.3 Å². The van der Waals surface area contributed by atoms with Gasteiger partial charge in [-0.1, -0.05) is 36.4 Å². The van der Waals surface area contributed by atoms with Crippen LogP contribution in [0.1, 0.15) is 28.6 Å². The normalized spacial score (nSPS) is 12.1. The van der Waals surface area contributed by atoms with Gasteiger partial charge in [-0.25, -0.2) is 9.97 Å². The lowest BCUT2D eigenvalue weighted by Crippen LogP contribution is -2.14. The van der Waals surface area contributed by atoms with Gasteiger partial charge in [0.1, 0.15) is 22.8 Å². The molecule has 0 amide bonds. The molecule has 2 aromatic heterocycles. The van der Waals surface area contributed by atoms with Gasteiger partial charge in [-0.3, -0.25) is 0 Å². The highest BCUT2D eigenvalue weighted by Crippen LogP contribution is 2.37. The summed E-state index contributed by atoms with van der Waals surface area (Å²) in [5.41, 5.74) is 3.76. The van der Waals surface area contributed by atoms with Crippen LogP contribution >= 0.6 is 0 Å². The third-order valence-corrected chi connectivity index (χ3v) is 4.70. The van der Waals surface area contributed by atoms with E-state index in [0.29, 0.717) is 16.9 Å². The van der Waals surface area contributed by atoms with Crippen LogP contribution in [0.5, 0.6) is 11.5 Å². The molecule has 5 nitrogen and oxygen atoms in total. The van der Waals surface area contributed by atoms with Crippen LogP contribution in [-0.4, -0.2) is 20.2 Å². The Morgan fingerprint density at radius 3 is 2.36 bits per heavy atom. The number of rotatable bonds is 4. The number of phenols is 2. The number of anilines is 1. The van der Waals surface area contributed by atoms with Crippen LogP contribution in [0.4, 0.5) is 5.82 Å². The lowest BCUT2D eigenvalue weighted by atomic mass is 9.96. The van der Waals surface area contributed by atoms with Crippen LogP contribution in [0.15, 0.2) is 66.7 Å². The maximum Gasteiger partial charge on any atom is 0.147 e. The van der Waals surface area contributed by atoms with E-state index in [1.165, 1.54) is 0 Å². The van der Waals surface area contributed by atoms with E-state index in [1.54, 1.807) is 18.2 Å². The molecule has 0 radical (unpaired) electrons. The molecule has 0 saturated carbocycles. The Hall–Kier alpha value is -3.60. The molecule has 0 spiro atoms. The van der Waals surface area contributed by atoms with Gasteiger partial charge in [-0.15, -0.1) is 0 Å². The molecule has 1 atom stereocenters. The third-order valence-electron chi connectivity index (χ3n) is 4.70. The number of benzene rings is 2. The molecule has 0 aliphatic rings. The lowest BCUT2D eigenvalue weighted by molar-refractivity contribution is 0.469. The summed E-state index contributed by atoms with van der Waals surface area (Å²) in [6.45, 7) is 3.82. The predicted molar refractivity (Wildman–Crippen MR) is 111 cm³/mol. The summed E-state index contributed by atoms with van der Waals surface area (Å²) in [5.74, 6) is 0.968. The summed E-state index contributed by atoms with van der Waals surface area (Å²) in [6, 6.07) is 20.0. The van der Waals surface area contributed by atoms with E-state index in [-0.39, 0.29) is 11.5 Å². The zero-order valence-electron chi connectivity index (χ0n) is 15.7. The molecule has 4 rings (SSSR count). The molecule has 4 aromatic rings. The fourth-order valence-corrected chi connectivity index (χ4v) is 3.34. The average molecular weight is 371 g/mol. The Morgan fingerprint density at radius 2 is 1.57 bits per heavy atom. The highest BCUT2D eigenvalue weighted by molar-refractivity contribution is 5.86. The molecular formula is C23H21N3O2. The average Bonchev–Trinajstić information content (AvgIpc) is 2.67. The first-order valence-electron chi connectivity index (χ1n) is 9.09. The minimum Gasteiger partial charge on any atom is -0.508 e. The van der Waals surface area contributed by atoms with Gasteiger partial charge >= 0.3 is 0 Å². The Labute approximate surface area is 163 Å². The molecule has 3 N–H and O–H groups in total. The molecule has 0 aliphatic carbocycles. The molecule has 2 heterocycles. The summed E-state index contributed by atoms with van der Waals surface area (Å²) in [6.07, 6.45) is 0. The van der Waals surface area contributed by atoms with E-state index >= 15 is 0 Å². The second-order valence-electron chi connectivity index (χ2n) is 6.86. The molecular weight excluding hydrogens is 350 g/mol. The number of hydrogen-bond acceptors (Lipinski definition) is 5. The molecule has 0 unspecified atom stereocenters. The zero-order valence-corrected chi connectivity index (χ0v) is 15.7. The van der Waals surface area contributed by atoms with Crippen molar-refractivity contribution in [2.45, 2.75) is 19.9 Å². The smallest absolute Gasteiger partial charge is 0.147 e. The van der Waals surface area contributed by atoms with Crippen molar-refractivity contribution in [3.05, 3.63) is 89.2 Å². The zero-order chi connectivity index (χ0) is 19.7. The Kier molecular flexibility index (Phi) is 4.57. The van der Waals surface area contributed by atoms with Crippen LogP contribution in [-0.2, 0) is 0 Å². The predicted octanol–water partition coefficient (Wildman–Crippen LogP) is 4.86. The number of nitrogens with one attached hydrogen (secondary N) is 1. The van der Waals surface area contributed by atoms with Gasteiger partial charge in [0.05, 0.1) is 6.04 Å². The number of hydrogen-bond donors (Lipinski definition) is 3. The highest BCUT2D eigenvalue weighted by Gasteiger charge is 2.21. The Balaban J connectivity index is 1.87. The summed E-state index contributed by atoms with van der Waals surface area (Å²) >= 11 is 0. The molecule has 140 valence electrons. The molecule has 0 fully saturated rings. The number of nitrogens with zero attached hydrogens (tertiary/aromatic N) is 2. The standard InChI is InChI=1S/C23H21N3O2/c1-14-5-3-8-20(24-14)26-21(17-6-4-7-18(27)13-17)19-12-11-16-10-9-15(2)25-22(16)23(19)28/h3-13,21,27-28H,1-2H3,(H,24,26)/t21-/m1/s1. The molecule has 0 aliphatic heterocycles. The van der Waals surface area contributed by atoms with E-state index in [2.05, 4.69) is 15.3 Å². The van der Waals surface area contributed by atoms with Gasteiger partial charge in [-0.05, 0) is 49.7 Å². The number of aromatic hydroxyl groups is 2. The van der Waals surface area contributed by atoms with E-state index < -0.39 is 6.04 Å². The topological polar surface area (TPSA) is 78.3 Å². The maximum absolute atomic E-state index is 11.0. The largest absolute Gasteiger partial charge is 0.508 e. The van der Waals surface area contributed by atoms with Crippen LogP contribution in [0.3, 0.4) is 0 Å². The monoisotopic (exact) mass is 371 g/mol. The van der Waals surface area contributed by atoms with Crippen molar-refractivity contribution in [2.24, 2.45) is 0 Å². The number of pyridine rings is 2. The first-order valence-corrected chi connectivity index (χ1v) is 9.09. The Morgan fingerprint density at radius 1 is 0.821 bits per heavy atom. The van der Waals surface area contributed by atoms with Gasteiger partial charge in [0, 0.05) is 22.3 Å². The second-order valence-corrected chi connectivity index (χ2v) is 6.86. The first kappa shape index (κ1) is 17.8. The lowest BCUT2D eigenvalue weighted by Gasteiger charge is -2.22.